The maximum atomic E-state index is 12.3. The number of morpholine rings is 1. The summed E-state index contributed by atoms with van der Waals surface area (Å²) in [5.74, 6) is 0.266. The van der Waals surface area contributed by atoms with Crippen LogP contribution >= 0.6 is 11.6 Å². The molecule has 0 bridgehead atoms. The van der Waals surface area contributed by atoms with Gasteiger partial charge in [-0.2, -0.15) is 0 Å². The van der Waals surface area contributed by atoms with Gasteiger partial charge in [0.15, 0.2) is 0 Å². The molecule has 0 aliphatic carbocycles. The van der Waals surface area contributed by atoms with Crippen molar-refractivity contribution in [3.63, 3.8) is 0 Å². The van der Waals surface area contributed by atoms with Gasteiger partial charge >= 0.3 is 0 Å². The maximum absolute atomic E-state index is 12.3. The number of hydrogen-bond donors (Lipinski definition) is 1. The van der Waals surface area contributed by atoms with E-state index in [4.69, 9.17) is 16.3 Å². The molecule has 0 amide bonds. The molecule has 0 saturated carbocycles. The summed E-state index contributed by atoms with van der Waals surface area (Å²) >= 11 is 5.84. The number of pyridine rings is 1. The zero-order valence-electron chi connectivity index (χ0n) is 12.3. The van der Waals surface area contributed by atoms with Crippen LogP contribution in [0.25, 0.3) is 0 Å². The summed E-state index contributed by atoms with van der Waals surface area (Å²) in [6.07, 6.45) is 1.65. The summed E-state index contributed by atoms with van der Waals surface area (Å²) in [5, 5.41) is 0.364. The predicted molar refractivity (Wildman–Crippen MR) is 89.5 cm³/mol. The SMILES string of the molecule is O=S(=O)(Nc1ccc(N2CCOCC2)cn1)c1cccc(Cl)c1. The van der Waals surface area contributed by atoms with Crippen molar-refractivity contribution in [1.29, 1.82) is 0 Å². The van der Waals surface area contributed by atoms with Crippen molar-refractivity contribution in [2.24, 2.45) is 0 Å². The van der Waals surface area contributed by atoms with Crippen LogP contribution in [0.3, 0.4) is 0 Å². The molecule has 1 saturated heterocycles. The Balaban J connectivity index is 1.75. The van der Waals surface area contributed by atoms with E-state index in [0.29, 0.717) is 18.2 Å². The topological polar surface area (TPSA) is 71.5 Å². The van der Waals surface area contributed by atoms with Crippen LogP contribution in [-0.2, 0) is 14.8 Å². The van der Waals surface area contributed by atoms with Gasteiger partial charge in [0, 0.05) is 18.1 Å². The third kappa shape index (κ3) is 3.93. The van der Waals surface area contributed by atoms with E-state index in [9.17, 15) is 8.42 Å². The second-order valence-electron chi connectivity index (χ2n) is 5.06. The van der Waals surface area contributed by atoms with Crippen molar-refractivity contribution in [3.8, 4) is 0 Å². The Hall–Kier alpha value is -1.83. The largest absolute Gasteiger partial charge is 0.378 e. The normalized spacial score (nSPS) is 15.4. The lowest BCUT2D eigenvalue weighted by Crippen LogP contribution is -2.36. The first-order valence-electron chi connectivity index (χ1n) is 7.12. The molecule has 8 heteroatoms. The van der Waals surface area contributed by atoms with E-state index in [1.54, 1.807) is 24.4 Å². The summed E-state index contributed by atoms with van der Waals surface area (Å²) in [5.41, 5.74) is 0.944. The zero-order chi connectivity index (χ0) is 16.3. The van der Waals surface area contributed by atoms with E-state index >= 15 is 0 Å². The van der Waals surface area contributed by atoms with E-state index in [1.165, 1.54) is 12.1 Å². The average molecular weight is 354 g/mol. The Morgan fingerprint density at radius 1 is 1.17 bits per heavy atom. The number of nitrogens with zero attached hydrogens (tertiary/aromatic N) is 2. The van der Waals surface area contributed by atoms with Crippen molar-refractivity contribution in [2.75, 3.05) is 35.9 Å². The van der Waals surface area contributed by atoms with Crippen molar-refractivity contribution in [1.82, 2.24) is 4.98 Å². The number of rotatable bonds is 4. The maximum Gasteiger partial charge on any atom is 0.263 e. The molecule has 0 atom stereocenters. The van der Waals surface area contributed by atoms with E-state index in [1.807, 2.05) is 6.07 Å². The van der Waals surface area contributed by atoms with Crippen molar-refractivity contribution < 1.29 is 13.2 Å². The first-order chi connectivity index (χ1) is 11.0. The molecule has 1 aromatic heterocycles. The molecular formula is C15H16ClN3O3S. The van der Waals surface area contributed by atoms with Gasteiger partial charge in [-0.15, -0.1) is 0 Å². The number of halogens is 1. The highest BCUT2D eigenvalue weighted by molar-refractivity contribution is 7.92. The molecule has 6 nitrogen and oxygen atoms in total. The third-order valence-corrected chi connectivity index (χ3v) is 5.06. The molecule has 1 fully saturated rings. The first kappa shape index (κ1) is 16.0. The van der Waals surface area contributed by atoms with E-state index in [2.05, 4.69) is 14.6 Å². The van der Waals surface area contributed by atoms with Crippen LogP contribution in [-0.4, -0.2) is 39.7 Å². The second-order valence-corrected chi connectivity index (χ2v) is 7.18. The first-order valence-corrected chi connectivity index (χ1v) is 8.98. The lowest BCUT2D eigenvalue weighted by molar-refractivity contribution is 0.122. The van der Waals surface area contributed by atoms with Crippen molar-refractivity contribution in [3.05, 3.63) is 47.6 Å². The quantitative estimate of drug-likeness (QED) is 0.913. The predicted octanol–water partition coefficient (Wildman–Crippen LogP) is 2.37. The average Bonchev–Trinajstić information content (AvgIpc) is 2.56. The minimum absolute atomic E-state index is 0.101. The fourth-order valence-electron chi connectivity index (χ4n) is 2.29. The molecule has 0 unspecified atom stereocenters. The van der Waals surface area contributed by atoms with E-state index < -0.39 is 10.0 Å². The molecule has 0 spiro atoms. The molecule has 0 radical (unpaired) electrons. The van der Waals surface area contributed by atoms with Crippen LogP contribution in [0.5, 0.6) is 0 Å². The van der Waals surface area contributed by atoms with Crippen LogP contribution in [0, 0.1) is 0 Å². The number of aromatic nitrogens is 1. The number of ether oxygens (including phenoxy) is 1. The van der Waals surface area contributed by atoms with Gasteiger partial charge in [-0.05, 0) is 30.3 Å². The number of anilines is 2. The highest BCUT2D eigenvalue weighted by Gasteiger charge is 2.16. The monoisotopic (exact) mass is 353 g/mol. The van der Waals surface area contributed by atoms with Gasteiger partial charge in [-0.25, -0.2) is 13.4 Å². The molecule has 23 heavy (non-hydrogen) atoms. The van der Waals surface area contributed by atoms with E-state index in [-0.39, 0.29) is 10.7 Å². The number of sulfonamides is 1. The smallest absolute Gasteiger partial charge is 0.263 e. The molecule has 2 aromatic rings. The Bertz CT molecular complexity index is 775. The Morgan fingerprint density at radius 2 is 1.96 bits per heavy atom. The molecular weight excluding hydrogens is 338 g/mol. The Kier molecular flexibility index (Phi) is 4.70. The van der Waals surface area contributed by atoms with Crippen LogP contribution in [0.4, 0.5) is 11.5 Å². The molecule has 2 heterocycles. The fraction of sp³-hybridized carbons (Fsp3) is 0.267. The fourth-order valence-corrected chi connectivity index (χ4v) is 3.59. The zero-order valence-corrected chi connectivity index (χ0v) is 13.8. The van der Waals surface area contributed by atoms with Gasteiger partial charge in [0.1, 0.15) is 5.82 Å². The van der Waals surface area contributed by atoms with Gasteiger partial charge < -0.3 is 9.64 Å². The van der Waals surface area contributed by atoms with Gasteiger partial charge in [-0.1, -0.05) is 17.7 Å². The minimum Gasteiger partial charge on any atom is -0.378 e. The summed E-state index contributed by atoms with van der Waals surface area (Å²) in [4.78, 5) is 6.43. The standard InChI is InChI=1S/C15H16ClN3O3S/c16-12-2-1-3-14(10-12)23(20,21)18-15-5-4-13(11-17-15)19-6-8-22-9-7-19/h1-5,10-11H,6-9H2,(H,17,18). The number of benzene rings is 1. The van der Waals surface area contributed by atoms with Crippen LogP contribution in [0.2, 0.25) is 5.02 Å². The molecule has 3 rings (SSSR count). The highest BCUT2D eigenvalue weighted by Crippen LogP contribution is 2.20. The summed E-state index contributed by atoms with van der Waals surface area (Å²) in [7, 11) is -3.70. The van der Waals surface area contributed by atoms with Gasteiger partial charge in [0.2, 0.25) is 0 Å². The molecule has 1 aliphatic heterocycles. The molecule has 1 aromatic carbocycles. The molecule has 122 valence electrons. The lowest BCUT2D eigenvalue weighted by Gasteiger charge is -2.28. The number of nitrogens with one attached hydrogen (secondary N) is 1. The third-order valence-electron chi connectivity index (χ3n) is 3.47. The van der Waals surface area contributed by atoms with Gasteiger partial charge in [0.05, 0.1) is 30.0 Å². The van der Waals surface area contributed by atoms with Crippen LogP contribution in [0.15, 0.2) is 47.5 Å². The minimum atomic E-state index is -3.70. The van der Waals surface area contributed by atoms with Crippen LogP contribution < -0.4 is 9.62 Å². The highest BCUT2D eigenvalue weighted by atomic mass is 35.5. The van der Waals surface area contributed by atoms with Crippen LogP contribution in [0.1, 0.15) is 0 Å². The second kappa shape index (κ2) is 6.74. The Labute approximate surface area is 140 Å². The van der Waals surface area contributed by atoms with Gasteiger partial charge in [0.25, 0.3) is 10.0 Å². The van der Waals surface area contributed by atoms with Crippen molar-refractivity contribution in [2.45, 2.75) is 4.90 Å². The van der Waals surface area contributed by atoms with Gasteiger partial charge in [-0.3, -0.25) is 4.72 Å². The summed E-state index contributed by atoms with van der Waals surface area (Å²) in [6.45, 7) is 2.97. The Morgan fingerprint density at radius 3 is 2.61 bits per heavy atom. The molecule has 1 aliphatic rings. The summed E-state index contributed by atoms with van der Waals surface area (Å²) in [6, 6.07) is 9.57. The number of hydrogen-bond acceptors (Lipinski definition) is 5. The summed E-state index contributed by atoms with van der Waals surface area (Å²) < 4.78 is 32.4. The van der Waals surface area contributed by atoms with Crippen molar-refractivity contribution >= 4 is 33.1 Å². The lowest BCUT2D eigenvalue weighted by atomic mass is 10.3. The molecule has 1 N–H and O–H groups in total. The van der Waals surface area contributed by atoms with E-state index in [0.717, 1.165) is 18.8 Å².